The molecule has 208 valence electrons. The molecule has 1 aliphatic carbocycles. The number of amides is 1. The van der Waals surface area contributed by atoms with Crippen molar-refractivity contribution in [3.8, 4) is 0 Å². The SMILES string of the molecule is COC(C)CN(CCCCc1ccc2c(n1)NCCC2)CCC(NC(=O)CC1(C)CCCCC1)C(=O)O. The van der Waals surface area contributed by atoms with Crippen LogP contribution >= 0.6 is 0 Å². The molecule has 3 N–H and O–H groups in total. The Bertz CT molecular complexity index is 871. The van der Waals surface area contributed by atoms with E-state index in [4.69, 9.17) is 9.72 Å². The van der Waals surface area contributed by atoms with Gasteiger partial charge in [0.05, 0.1) is 6.10 Å². The van der Waals surface area contributed by atoms with E-state index in [0.717, 1.165) is 88.9 Å². The fraction of sp³-hybridized carbons (Fsp3) is 0.759. The second-order valence-corrected chi connectivity index (χ2v) is 11.4. The van der Waals surface area contributed by atoms with Crippen molar-refractivity contribution in [1.29, 1.82) is 0 Å². The van der Waals surface area contributed by atoms with Crippen LogP contribution in [0.5, 0.6) is 0 Å². The van der Waals surface area contributed by atoms with Crippen molar-refractivity contribution in [3.05, 3.63) is 23.4 Å². The molecule has 1 amide bonds. The molecule has 1 aliphatic heterocycles. The van der Waals surface area contributed by atoms with Gasteiger partial charge in [-0.1, -0.05) is 32.3 Å². The fourth-order valence-electron chi connectivity index (χ4n) is 5.67. The Morgan fingerprint density at radius 2 is 1.97 bits per heavy atom. The van der Waals surface area contributed by atoms with Crippen LogP contribution in [0.4, 0.5) is 5.82 Å². The number of methoxy groups -OCH3 is 1. The van der Waals surface area contributed by atoms with Gasteiger partial charge in [0.15, 0.2) is 0 Å². The van der Waals surface area contributed by atoms with E-state index < -0.39 is 12.0 Å². The van der Waals surface area contributed by atoms with Crippen LogP contribution in [0.15, 0.2) is 12.1 Å². The lowest BCUT2D eigenvalue weighted by Crippen LogP contribution is -2.45. The van der Waals surface area contributed by atoms with E-state index in [0.29, 0.717) is 19.4 Å². The third-order valence-electron chi connectivity index (χ3n) is 8.04. The minimum absolute atomic E-state index is 0.00566. The van der Waals surface area contributed by atoms with Crippen molar-refractivity contribution in [3.63, 3.8) is 0 Å². The van der Waals surface area contributed by atoms with Gasteiger partial charge in [0, 0.05) is 38.9 Å². The normalized spacial score (nSPS) is 18.5. The van der Waals surface area contributed by atoms with Crippen LogP contribution in [-0.2, 0) is 27.2 Å². The van der Waals surface area contributed by atoms with Crippen LogP contribution in [0.3, 0.4) is 0 Å². The number of unbranched alkanes of at least 4 members (excludes halogenated alkanes) is 1. The second-order valence-electron chi connectivity index (χ2n) is 11.4. The lowest BCUT2D eigenvalue weighted by Gasteiger charge is -2.33. The number of carboxylic acid groups (broad SMARTS) is 1. The van der Waals surface area contributed by atoms with Crippen molar-refractivity contribution in [2.45, 2.75) is 103 Å². The summed E-state index contributed by atoms with van der Waals surface area (Å²) < 4.78 is 5.48. The van der Waals surface area contributed by atoms with Gasteiger partial charge in [-0.2, -0.15) is 0 Å². The molecule has 1 fully saturated rings. The van der Waals surface area contributed by atoms with Crippen molar-refractivity contribution in [2.75, 3.05) is 38.6 Å². The van der Waals surface area contributed by atoms with E-state index in [-0.39, 0.29) is 17.4 Å². The number of fused-ring (bicyclic) bond motifs is 1. The van der Waals surface area contributed by atoms with Crippen LogP contribution in [-0.4, -0.2) is 72.3 Å². The third kappa shape index (κ3) is 9.89. The summed E-state index contributed by atoms with van der Waals surface area (Å²) in [6.45, 7) is 7.37. The monoisotopic (exact) mass is 516 g/mol. The van der Waals surface area contributed by atoms with Gasteiger partial charge >= 0.3 is 5.97 Å². The first-order valence-electron chi connectivity index (χ1n) is 14.3. The lowest BCUT2D eigenvalue weighted by atomic mass is 9.73. The zero-order valence-electron chi connectivity index (χ0n) is 23.2. The van der Waals surface area contributed by atoms with Gasteiger partial charge in [0.1, 0.15) is 11.9 Å². The average molecular weight is 517 g/mol. The Morgan fingerprint density at radius 3 is 2.70 bits per heavy atom. The summed E-state index contributed by atoms with van der Waals surface area (Å²) in [4.78, 5) is 31.7. The Morgan fingerprint density at radius 1 is 1.19 bits per heavy atom. The Labute approximate surface area is 222 Å². The molecular weight excluding hydrogens is 468 g/mol. The predicted octanol–water partition coefficient (Wildman–Crippen LogP) is 4.42. The average Bonchev–Trinajstić information content (AvgIpc) is 2.88. The number of aromatic nitrogens is 1. The summed E-state index contributed by atoms with van der Waals surface area (Å²) in [7, 11) is 1.70. The van der Waals surface area contributed by atoms with Crippen LogP contribution in [0.2, 0.25) is 0 Å². The van der Waals surface area contributed by atoms with Crippen molar-refractivity contribution in [1.82, 2.24) is 15.2 Å². The summed E-state index contributed by atoms with van der Waals surface area (Å²) in [5.74, 6) is -0.0619. The molecule has 0 spiro atoms. The number of nitrogens with one attached hydrogen (secondary N) is 2. The molecule has 2 atom stereocenters. The molecule has 8 nitrogen and oxygen atoms in total. The van der Waals surface area contributed by atoms with Crippen LogP contribution < -0.4 is 10.6 Å². The highest BCUT2D eigenvalue weighted by molar-refractivity contribution is 5.83. The van der Waals surface area contributed by atoms with Gasteiger partial charge < -0.3 is 25.4 Å². The molecule has 1 aromatic heterocycles. The van der Waals surface area contributed by atoms with Gasteiger partial charge in [-0.05, 0) is 81.9 Å². The highest BCUT2D eigenvalue weighted by Gasteiger charge is 2.31. The number of carbonyl (C=O) groups excluding carboxylic acids is 1. The quantitative estimate of drug-likeness (QED) is 0.297. The van der Waals surface area contributed by atoms with Crippen LogP contribution in [0.1, 0.15) is 89.3 Å². The summed E-state index contributed by atoms with van der Waals surface area (Å²) in [5, 5.41) is 16.0. The third-order valence-corrected chi connectivity index (χ3v) is 8.04. The van der Waals surface area contributed by atoms with E-state index in [9.17, 15) is 14.7 Å². The molecule has 2 unspecified atom stereocenters. The van der Waals surface area contributed by atoms with E-state index in [1.165, 1.54) is 12.0 Å². The first-order valence-corrected chi connectivity index (χ1v) is 14.3. The largest absolute Gasteiger partial charge is 0.480 e. The van der Waals surface area contributed by atoms with E-state index in [1.54, 1.807) is 7.11 Å². The van der Waals surface area contributed by atoms with Gasteiger partial charge in [-0.25, -0.2) is 9.78 Å². The number of pyridine rings is 1. The first-order chi connectivity index (χ1) is 17.8. The number of ether oxygens (including phenoxy) is 1. The van der Waals surface area contributed by atoms with E-state index in [2.05, 4.69) is 34.6 Å². The molecule has 2 heterocycles. The number of nitrogens with zero attached hydrogens (tertiary/aromatic N) is 2. The summed E-state index contributed by atoms with van der Waals surface area (Å²) in [6, 6.07) is 3.47. The Balaban J connectivity index is 1.46. The van der Waals surface area contributed by atoms with Crippen molar-refractivity contribution >= 4 is 17.7 Å². The first kappa shape index (κ1) is 29.4. The molecule has 0 bridgehead atoms. The maximum atomic E-state index is 12.7. The van der Waals surface area contributed by atoms with Crippen molar-refractivity contribution in [2.24, 2.45) is 5.41 Å². The van der Waals surface area contributed by atoms with Gasteiger partial charge in [0.2, 0.25) is 5.91 Å². The Kier molecular flexibility index (Phi) is 11.6. The smallest absolute Gasteiger partial charge is 0.326 e. The number of carbonyl (C=O) groups is 2. The standard InChI is InChI=1S/C29H48N4O4/c1-22(37-3)21-33(18-8-5-11-24-13-12-23-10-9-17-30-27(23)31-24)19-14-25(28(35)36)32-26(34)20-29(2)15-6-4-7-16-29/h12-13,22,25H,4-11,14-21H2,1-3H3,(H,30,31)(H,32,34)(H,35,36). The molecule has 1 aromatic rings. The number of anilines is 1. The minimum Gasteiger partial charge on any atom is -0.480 e. The topological polar surface area (TPSA) is 104 Å². The summed E-state index contributed by atoms with van der Waals surface area (Å²) in [5.41, 5.74) is 2.42. The zero-order valence-corrected chi connectivity index (χ0v) is 23.2. The molecule has 0 saturated heterocycles. The molecule has 37 heavy (non-hydrogen) atoms. The fourth-order valence-corrected chi connectivity index (χ4v) is 5.67. The Hall–Kier alpha value is -2.19. The number of hydrogen-bond acceptors (Lipinski definition) is 6. The lowest BCUT2D eigenvalue weighted by molar-refractivity contribution is -0.142. The maximum absolute atomic E-state index is 12.7. The van der Waals surface area contributed by atoms with E-state index >= 15 is 0 Å². The van der Waals surface area contributed by atoms with Gasteiger partial charge in [-0.15, -0.1) is 0 Å². The highest BCUT2D eigenvalue weighted by Crippen LogP contribution is 2.38. The number of carboxylic acids is 1. The molecule has 0 radical (unpaired) electrons. The number of hydrogen-bond donors (Lipinski definition) is 3. The van der Waals surface area contributed by atoms with Crippen molar-refractivity contribution < 1.29 is 19.4 Å². The van der Waals surface area contributed by atoms with Gasteiger partial charge in [-0.3, -0.25) is 4.79 Å². The zero-order chi connectivity index (χ0) is 26.7. The molecular formula is C29H48N4O4. The number of aryl methyl sites for hydroxylation is 2. The summed E-state index contributed by atoms with van der Waals surface area (Å²) >= 11 is 0. The number of rotatable bonds is 15. The van der Waals surface area contributed by atoms with Gasteiger partial charge in [0.25, 0.3) is 0 Å². The molecule has 8 heteroatoms. The predicted molar refractivity (Wildman–Crippen MR) is 147 cm³/mol. The molecule has 2 aliphatic rings. The molecule has 1 saturated carbocycles. The summed E-state index contributed by atoms with van der Waals surface area (Å²) in [6.07, 6.45) is 11.6. The maximum Gasteiger partial charge on any atom is 0.326 e. The van der Waals surface area contributed by atoms with E-state index in [1.807, 2.05) is 6.92 Å². The molecule has 0 aromatic carbocycles. The number of aliphatic carboxylic acids is 1. The highest BCUT2D eigenvalue weighted by atomic mass is 16.5. The molecule has 3 rings (SSSR count). The van der Waals surface area contributed by atoms with Crippen LogP contribution in [0, 0.1) is 5.41 Å². The van der Waals surface area contributed by atoms with Crippen LogP contribution in [0.25, 0.3) is 0 Å². The minimum atomic E-state index is -0.964. The second kappa shape index (κ2) is 14.7.